The van der Waals surface area contributed by atoms with Crippen LogP contribution in [0.2, 0.25) is 10.0 Å². The monoisotopic (exact) mass is 436 g/mol. The average molecular weight is 437 g/mol. The van der Waals surface area contributed by atoms with Gasteiger partial charge in [0.1, 0.15) is 12.3 Å². The minimum Gasteiger partial charge on any atom is -0.381 e. The van der Waals surface area contributed by atoms with Gasteiger partial charge < -0.3 is 10.1 Å². The molecule has 150 valence electrons. The zero-order valence-corrected chi connectivity index (χ0v) is 17.4. The minimum atomic E-state index is -0.617. The highest BCUT2D eigenvalue weighted by molar-refractivity contribution is 6.42. The lowest BCUT2D eigenvalue weighted by Crippen LogP contribution is -2.48. The van der Waals surface area contributed by atoms with Crippen molar-refractivity contribution >= 4 is 58.4 Å². The summed E-state index contributed by atoms with van der Waals surface area (Å²) in [6, 6.07) is 21.4. The number of para-hydroxylation sites is 2. The summed E-state index contributed by atoms with van der Waals surface area (Å²) in [5, 5.41) is 4.06. The number of anilines is 2. The number of aldehydes is 1. The Morgan fingerprint density at radius 1 is 0.967 bits per heavy atom. The molecule has 30 heavy (non-hydrogen) atoms. The molecule has 4 rings (SSSR count). The molecule has 1 aliphatic rings. The molecule has 3 aromatic rings. The maximum Gasteiger partial charge on any atom is 0.259 e. The average Bonchev–Trinajstić information content (AvgIpc) is 2.79. The molecule has 1 amide bonds. The summed E-state index contributed by atoms with van der Waals surface area (Å²) in [6.07, 6.45) is 2.56. The van der Waals surface area contributed by atoms with Crippen LogP contribution in [0.4, 0.5) is 11.4 Å². The molecule has 0 saturated carbocycles. The van der Waals surface area contributed by atoms with Crippen molar-refractivity contribution in [2.45, 2.75) is 6.04 Å². The van der Waals surface area contributed by atoms with Crippen LogP contribution in [-0.4, -0.2) is 24.8 Å². The van der Waals surface area contributed by atoms with Crippen LogP contribution in [0.3, 0.4) is 0 Å². The maximum atomic E-state index is 13.8. The first-order valence-electron chi connectivity index (χ1n) is 9.42. The van der Waals surface area contributed by atoms with Gasteiger partial charge in [-0.3, -0.25) is 9.69 Å². The van der Waals surface area contributed by atoms with E-state index in [2.05, 4.69) is 5.32 Å². The summed E-state index contributed by atoms with van der Waals surface area (Å²) >= 11 is 12.2. The van der Waals surface area contributed by atoms with Crippen LogP contribution in [-0.2, 0) is 9.59 Å². The van der Waals surface area contributed by atoms with Crippen LogP contribution in [0.25, 0.3) is 11.6 Å². The van der Waals surface area contributed by atoms with Crippen molar-refractivity contribution in [1.82, 2.24) is 0 Å². The maximum absolute atomic E-state index is 13.8. The lowest BCUT2D eigenvalue weighted by atomic mass is 9.99. The normalized spacial score (nSPS) is 15.9. The molecule has 3 aromatic carbocycles. The van der Waals surface area contributed by atoms with Gasteiger partial charge in [-0.25, -0.2) is 0 Å². The number of carbonyl (C=O) groups is 2. The number of halogens is 2. The van der Waals surface area contributed by atoms with Crippen molar-refractivity contribution in [1.29, 1.82) is 0 Å². The molecule has 0 spiro atoms. The van der Waals surface area contributed by atoms with Gasteiger partial charge in [-0.15, -0.1) is 0 Å². The number of fused-ring (bicyclic) bond motifs is 1. The van der Waals surface area contributed by atoms with E-state index in [-0.39, 0.29) is 5.91 Å². The highest BCUT2D eigenvalue weighted by Crippen LogP contribution is 2.34. The molecule has 6 heteroatoms. The van der Waals surface area contributed by atoms with E-state index in [1.807, 2.05) is 54.6 Å². The van der Waals surface area contributed by atoms with E-state index in [1.165, 1.54) is 0 Å². The first kappa shape index (κ1) is 20.2. The van der Waals surface area contributed by atoms with E-state index in [9.17, 15) is 9.59 Å². The zero-order chi connectivity index (χ0) is 21.1. The van der Waals surface area contributed by atoms with E-state index in [0.29, 0.717) is 27.9 Å². The Balaban J connectivity index is 1.85. The molecular weight excluding hydrogens is 419 g/mol. The van der Waals surface area contributed by atoms with Crippen molar-refractivity contribution in [2.75, 3.05) is 16.8 Å². The van der Waals surface area contributed by atoms with E-state index in [4.69, 9.17) is 23.2 Å². The number of rotatable bonds is 4. The van der Waals surface area contributed by atoms with Crippen molar-refractivity contribution < 1.29 is 9.59 Å². The largest absolute Gasteiger partial charge is 0.381 e. The number of benzene rings is 3. The topological polar surface area (TPSA) is 49.4 Å². The summed E-state index contributed by atoms with van der Waals surface area (Å²) in [6.45, 7) is 0.348. The van der Waals surface area contributed by atoms with E-state index in [0.717, 1.165) is 23.1 Å². The number of amides is 1. The molecule has 0 bridgehead atoms. The lowest BCUT2D eigenvalue weighted by Gasteiger charge is -2.35. The quantitative estimate of drug-likeness (QED) is 0.330. The molecule has 0 aliphatic carbocycles. The summed E-state index contributed by atoms with van der Waals surface area (Å²) in [4.78, 5) is 27.1. The molecule has 1 atom stereocenters. The third kappa shape index (κ3) is 3.97. The highest BCUT2D eigenvalue weighted by atomic mass is 35.5. The molecule has 0 fully saturated rings. The van der Waals surface area contributed by atoms with Gasteiger partial charge >= 0.3 is 0 Å². The molecular formula is C24H18Cl2N2O2. The van der Waals surface area contributed by atoms with Crippen molar-refractivity contribution in [3.05, 3.63) is 94.0 Å². The summed E-state index contributed by atoms with van der Waals surface area (Å²) in [5.74, 6) is -0.265. The summed E-state index contributed by atoms with van der Waals surface area (Å²) in [7, 11) is 0. The second-order valence-corrected chi connectivity index (χ2v) is 7.69. The molecule has 1 aliphatic heterocycles. The number of carbonyl (C=O) groups excluding carboxylic acids is 2. The fourth-order valence-electron chi connectivity index (χ4n) is 3.47. The van der Waals surface area contributed by atoms with Crippen molar-refractivity contribution in [3.63, 3.8) is 0 Å². The Bertz CT molecular complexity index is 1130. The van der Waals surface area contributed by atoms with Crippen LogP contribution in [0, 0.1) is 0 Å². The number of nitrogens with zero attached hydrogens (tertiary/aromatic N) is 1. The Hall–Kier alpha value is -3.08. The van der Waals surface area contributed by atoms with E-state index in [1.54, 1.807) is 29.2 Å². The molecule has 0 aromatic heterocycles. The molecule has 4 nitrogen and oxygen atoms in total. The fraction of sp³-hybridized carbons (Fsp3) is 0.0833. The number of hydrogen-bond acceptors (Lipinski definition) is 3. The second-order valence-electron chi connectivity index (χ2n) is 6.87. The summed E-state index contributed by atoms with van der Waals surface area (Å²) < 4.78 is 0. The van der Waals surface area contributed by atoms with Crippen LogP contribution >= 0.6 is 23.2 Å². The molecule has 1 unspecified atom stereocenters. The van der Waals surface area contributed by atoms with Gasteiger partial charge in [0.15, 0.2) is 0 Å². The highest BCUT2D eigenvalue weighted by Gasteiger charge is 2.32. The van der Waals surface area contributed by atoms with Gasteiger partial charge in [-0.1, -0.05) is 71.7 Å². The number of nitrogens with one attached hydrogen (secondary N) is 1. The van der Waals surface area contributed by atoms with Gasteiger partial charge in [0.25, 0.3) is 5.91 Å². The van der Waals surface area contributed by atoms with Crippen molar-refractivity contribution in [2.24, 2.45) is 0 Å². The van der Waals surface area contributed by atoms with Crippen molar-refractivity contribution in [3.8, 4) is 0 Å². The predicted molar refractivity (Wildman–Crippen MR) is 123 cm³/mol. The van der Waals surface area contributed by atoms with Crippen LogP contribution in [0.15, 0.2) is 72.8 Å². The minimum absolute atomic E-state index is 0.265. The molecule has 0 radical (unpaired) electrons. The SMILES string of the molecule is O=CC1CNc2ccccc2N1C(=O)/C(=C/c1ccc(Cl)c(Cl)c1)c1ccccc1. The van der Waals surface area contributed by atoms with E-state index >= 15 is 0 Å². The van der Waals surface area contributed by atoms with E-state index < -0.39 is 6.04 Å². The second kappa shape index (κ2) is 8.74. The number of hydrogen-bond donors (Lipinski definition) is 1. The Morgan fingerprint density at radius 3 is 2.43 bits per heavy atom. The van der Waals surface area contributed by atoms with Gasteiger partial charge in [0.05, 0.1) is 21.4 Å². The van der Waals surface area contributed by atoms with Gasteiger partial charge in [-0.05, 0) is 41.5 Å². The third-order valence-corrected chi connectivity index (χ3v) is 5.68. The first-order chi connectivity index (χ1) is 14.6. The Labute approximate surface area is 184 Å². The third-order valence-electron chi connectivity index (χ3n) is 4.94. The van der Waals surface area contributed by atoms with Gasteiger partial charge in [0, 0.05) is 12.1 Å². The van der Waals surface area contributed by atoms with Crippen LogP contribution < -0.4 is 10.2 Å². The first-order valence-corrected chi connectivity index (χ1v) is 10.2. The Morgan fingerprint density at radius 2 is 1.70 bits per heavy atom. The van der Waals surface area contributed by atoms with Crippen LogP contribution in [0.1, 0.15) is 11.1 Å². The molecule has 1 heterocycles. The standard InChI is InChI=1S/C24H18Cl2N2O2/c25-20-11-10-16(13-21(20)26)12-19(17-6-2-1-3-7-17)24(30)28-18(15-29)14-27-22-8-4-5-9-23(22)28/h1-13,15,18,27H,14H2/b19-12+. The van der Waals surface area contributed by atoms with Crippen LogP contribution in [0.5, 0.6) is 0 Å². The molecule has 0 saturated heterocycles. The zero-order valence-electron chi connectivity index (χ0n) is 15.9. The summed E-state index contributed by atoms with van der Waals surface area (Å²) in [5.41, 5.74) is 3.42. The predicted octanol–water partition coefficient (Wildman–Crippen LogP) is 5.56. The molecule has 1 N–H and O–H groups in total. The fourth-order valence-corrected chi connectivity index (χ4v) is 3.78. The Kier molecular flexibility index (Phi) is 5.88. The van der Waals surface area contributed by atoms with Gasteiger partial charge in [0.2, 0.25) is 0 Å². The smallest absolute Gasteiger partial charge is 0.259 e. The van der Waals surface area contributed by atoms with Gasteiger partial charge in [-0.2, -0.15) is 0 Å². The lowest BCUT2D eigenvalue weighted by molar-refractivity contribution is -0.116.